The molecule has 25 heavy (non-hydrogen) atoms. The van der Waals surface area contributed by atoms with Gasteiger partial charge in [0, 0.05) is 37.9 Å². The third kappa shape index (κ3) is 4.66. The largest absolute Gasteiger partial charge is 0.471 e. The Hall–Kier alpha value is -1.74. The molecule has 0 spiro atoms. The van der Waals surface area contributed by atoms with Crippen molar-refractivity contribution in [1.29, 1.82) is 0 Å². The Labute approximate surface area is 148 Å². The van der Waals surface area contributed by atoms with E-state index in [1.807, 2.05) is 4.90 Å². The predicted octanol–water partition coefficient (Wildman–Crippen LogP) is 0.518. The fourth-order valence-electron chi connectivity index (χ4n) is 3.44. The number of rotatable bonds is 4. The molecule has 3 rings (SSSR count). The molecule has 1 amide bonds. The van der Waals surface area contributed by atoms with Gasteiger partial charge in [-0.2, -0.15) is 0 Å². The maximum Gasteiger partial charge on any atom is 0.232 e. The molecule has 1 atom stereocenters. The number of sulfonamides is 1. The van der Waals surface area contributed by atoms with Crippen molar-refractivity contribution in [2.45, 2.75) is 31.8 Å². The minimum atomic E-state index is -3.17. The quantitative estimate of drug-likeness (QED) is 0.769. The zero-order valence-electron chi connectivity index (χ0n) is 14.4. The predicted molar refractivity (Wildman–Crippen MR) is 91.4 cm³/mol. The molecular weight excluding hydrogens is 344 g/mol. The summed E-state index contributed by atoms with van der Waals surface area (Å²) in [5.41, 5.74) is 0. The summed E-state index contributed by atoms with van der Waals surface area (Å²) in [5, 5.41) is 0. The number of carbonyl (C=O) groups excluding carboxylic acids is 1. The summed E-state index contributed by atoms with van der Waals surface area (Å²) in [7, 11) is -3.17. The summed E-state index contributed by atoms with van der Waals surface area (Å²) in [6, 6.07) is 0. The first kappa shape index (κ1) is 18.1. The number of piperidine rings is 2. The second-order valence-corrected chi connectivity index (χ2v) is 8.63. The highest BCUT2D eigenvalue weighted by Gasteiger charge is 2.33. The Balaban J connectivity index is 1.54. The number of amides is 1. The summed E-state index contributed by atoms with van der Waals surface area (Å²) in [4.78, 5) is 22.7. The van der Waals surface area contributed by atoms with Crippen molar-refractivity contribution in [3.05, 3.63) is 18.6 Å². The van der Waals surface area contributed by atoms with Crippen LogP contribution in [-0.4, -0.2) is 72.0 Å². The summed E-state index contributed by atoms with van der Waals surface area (Å²) >= 11 is 0. The maximum atomic E-state index is 12.8. The van der Waals surface area contributed by atoms with Gasteiger partial charge in [-0.25, -0.2) is 17.7 Å². The number of aromatic nitrogens is 2. The fraction of sp³-hybridized carbons (Fsp3) is 0.688. The Kier molecular flexibility index (Phi) is 5.53. The Morgan fingerprint density at radius 2 is 1.96 bits per heavy atom. The molecule has 138 valence electrons. The lowest BCUT2D eigenvalue weighted by atomic mass is 9.95. The highest BCUT2D eigenvalue weighted by atomic mass is 32.2. The molecule has 0 radical (unpaired) electrons. The van der Waals surface area contributed by atoms with E-state index in [0.717, 1.165) is 19.4 Å². The Bertz CT molecular complexity index is 689. The minimum Gasteiger partial charge on any atom is -0.471 e. The molecule has 0 unspecified atom stereocenters. The second-order valence-electron chi connectivity index (χ2n) is 6.65. The van der Waals surface area contributed by atoms with Crippen LogP contribution in [0, 0.1) is 5.92 Å². The number of hydrogen-bond acceptors (Lipinski definition) is 6. The van der Waals surface area contributed by atoms with E-state index in [-0.39, 0.29) is 17.9 Å². The van der Waals surface area contributed by atoms with Crippen molar-refractivity contribution in [1.82, 2.24) is 19.2 Å². The zero-order chi connectivity index (χ0) is 17.9. The van der Waals surface area contributed by atoms with E-state index in [9.17, 15) is 13.2 Å². The molecule has 1 aromatic heterocycles. The first-order valence-corrected chi connectivity index (χ1v) is 10.4. The van der Waals surface area contributed by atoms with Gasteiger partial charge in [0.25, 0.3) is 0 Å². The lowest BCUT2D eigenvalue weighted by Crippen LogP contribution is -2.49. The molecule has 0 saturated carbocycles. The lowest BCUT2D eigenvalue weighted by molar-refractivity contribution is -0.139. The van der Waals surface area contributed by atoms with E-state index in [0.29, 0.717) is 38.4 Å². The van der Waals surface area contributed by atoms with Crippen molar-refractivity contribution in [2.24, 2.45) is 5.92 Å². The van der Waals surface area contributed by atoms with Gasteiger partial charge < -0.3 is 9.64 Å². The molecule has 0 N–H and O–H groups in total. The van der Waals surface area contributed by atoms with E-state index in [1.54, 1.807) is 18.6 Å². The third-order valence-electron chi connectivity index (χ3n) is 4.79. The van der Waals surface area contributed by atoms with Crippen LogP contribution in [0.15, 0.2) is 18.6 Å². The number of hydrogen-bond donors (Lipinski definition) is 0. The van der Waals surface area contributed by atoms with Crippen molar-refractivity contribution in [3.8, 4) is 5.88 Å². The van der Waals surface area contributed by atoms with Crippen LogP contribution in [0.5, 0.6) is 5.88 Å². The van der Waals surface area contributed by atoms with Crippen LogP contribution in [-0.2, 0) is 14.8 Å². The maximum absolute atomic E-state index is 12.8. The van der Waals surface area contributed by atoms with E-state index in [4.69, 9.17) is 4.74 Å². The standard InChI is InChI=1S/C16H24N4O4S/c1-25(22,23)20-9-4-13(5-10-20)16(21)19-8-2-3-14(12-19)24-15-11-17-6-7-18-15/h6-7,11,13-14H,2-5,8-10,12H2,1H3/t14-/m1/s1. The molecule has 2 aliphatic heterocycles. The van der Waals surface area contributed by atoms with Crippen LogP contribution in [0.4, 0.5) is 0 Å². The Morgan fingerprint density at radius 3 is 2.60 bits per heavy atom. The number of nitrogens with zero attached hydrogens (tertiary/aromatic N) is 4. The fourth-order valence-corrected chi connectivity index (χ4v) is 4.32. The average molecular weight is 368 g/mol. The van der Waals surface area contributed by atoms with Gasteiger partial charge in [-0.3, -0.25) is 9.78 Å². The van der Waals surface area contributed by atoms with Crippen LogP contribution >= 0.6 is 0 Å². The van der Waals surface area contributed by atoms with Crippen molar-refractivity contribution in [3.63, 3.8) is 0 Å². The van der Waals surface area contributed by atoms with Crippen LogP contribution in [0.3, 0.4) is 0 Å². The average Bonchev–Trinajstić information content (AvgIpc) is 2.61. The van der Waals surface area contributed by atoms with Gasteiger partial charge in [0.2, 0.25) is 21.8 Å². The number of likely N-dealkylation sites (tertiary alicyclic amines) is 1. The highest BCUT2D eigenvalue weighted by molar-refractivity contribution is 7.88. The van der Waals surface area contributed by atoms with E-state index in [1.165, 1.54) is 10.6 Å². The lowest BCUT2D eigenvalue weighted by Gasteiger charge is -2.37. The topological polar surface area (TPSA) is 92.7 Å². The minimum absolute atomic E-state index is 0.0782. The van der Waals surface area contributed by atoms with Crippen LogP contribution in [0.25, 0.3) is 0 Å². The van der Waals surface area contributed by atoms with Crippen LogP contribution < -0.4 is 4.74 Å². The summed E-state index contributed by atoms with van der Waals surface area (Å²) < 4.78 is 30.4. The van der Waals surface area contributed by atoms with Gasteiger partial charge in [-0.05, 0) is 25.7 Å². The molecular formula is C16H24N4O4S. The van der Waals surface area contributed by atoms with Crippen molar-refractivity contribution >= 4 is 15.9 Å². The summed E-state index contributed by atoms with van der Waals surface area (Å²) in [6.07, 6.45) is 8.81. The molecule has 1 aromatic rings. The van der Waals surface area contributed by atoms with Gasteiger partial charge in [-0.1, -0.05) is 0 Å². The number of ether oxygens (including phenoxy) is 1. The molecule has 0 aromatic carbocycles. The molecule has 9 heteroatoms. The van der Waals surface area contributed by atoms with Gasteiger partial charge >= 0.3 is 0 Å². The van der Waals surface area contributed by atoms with Crippen LogP contribution in [0.2, 0.25) is 0 Å². The smallest absolute Gasteiger partial charge is 0.232 e. The van der Waals surface area contributed by atoms with Crippen molar-refractivity contribution < 1.29 is 17.9 Å². The van der Waals surface area contributed by atoms with Crippen molar-refractivity contribution in [2.75, 3.05) is 32.4 Å². The molecule has 0 bridgehead atoms. The van der Waals surface area contributed by atoms with E-state index >= 15 is 0 Å². The molecule has 3 heterocycles. The summed E-state index contributed by atoms with van der Waals surface area (Å²) in [6.45, 7) is 2.11. The van der Waals surface area contributed by atoms with Gasteiger partial charge in [-0.15, -0.1) is 0 Å². The SMILES string of the molecule is CS(=O)(=O)N1CCC(C(=O)N2CCC[C@@H](Oc3cnccn3)C2)CC1. The van der Waals surface area contributed by atoms with Gasteiger partial charge in [0.15, 0.2) is 0 Å². The molecule has 0 aliphatic carbocycles. The highest BCUT2D eigenvalue weighted by Crippen LogP contribution is 2.24. The summed E-state index contributed by atoms with van der Waals surface area (Å²) in [5.74, 6) is 0.483. The Morgan fingerprint density at radius 1 is 1.20 bits per heavy atom. The third-order valence-corrected chi connectivity index (χ3v) is 6.09. The molecule has 2 aliphatic rings. The van der Waals surface area contributed by atoms with E-state index < -0.39 is 10.0 Å². The second kappa shape index (κ2) is 7.65. The van der Waals surface area contributed by atoms with Gasteiger partial charge in [0.1, 0.15) is 6.10 Å². The molecule has 2 saturated heterocycles. The molecule has 8 nitrogen and oxygen atoms in total. The first-order chi connectivity index (χ1) is 11.9. The number of carbonyl (C=O) groups is 1. The monoisotopic (exact) mass is 368 g/mol. The first-order valence-electron chi connectivity index (χ1n) is 8.60. The van der Waals surface area contributed by atoms with Gasteiger partial charge in [0.05, 0.1) is 19.0 Å². The molecule has 2 fully saturated rings. The zero-order valence-corrected chi connectivity index (χ0v) is 15.2. The normalized spacial score (nSPS) is 23.4. The van der Waals surface area contributed by atoms with Crippen LogP contribution in [0.1, 0.15) is 25.7 Å². The van der Waals surface area contributed by atoms with E-state index in [2.05, 4.69) is 9.97 Å².